The number of hydrogen-bond donors (Lipinski definition) is 3. The van der Waals surface area contributed by atoms with Crippen LogP contribution in [0.5, 0.6) is 11.5 Å². The number of benzene rings is 2. The first-order valence-corrected chi connectivity index (χ1v) is 12.1. The van der Waals surface area contributed by atoms with E-state index in [0.717, 1.165) is 5.56 Å². The maximum atomic E-state index is 13.7. The number of nitrogens with one attached hydrogen (secondary N) is 1. The van der Waals surface area contributed by atoms with Crippen LogP contribution in [0.2, 0.25) is 0 Å². The molecule has 5 rings (SSSR count). The molecule has 2 aromatic heterocycles. The van der Waals surface area contributed by atoms with Crippen molar-refractivity contribution in [2.75, 3.05) is 11.9 Å². The molecule has 0 unspecified atom stereocenters. The molecule has 0 fully saturated rings. The average Bonchev–Trinajstić information content (AvgIpc) is 2.86. The van der Waals surface area contributed by atoms with E-state index in [1.807, 2.05) is 30.3 Å². The van der Waals surface area contributed by atoms with Gasteiger partial charge in [-0.3, -0.25) is 14.2 Å². The number of nitrogens with zero attached hydrogens (tertiary/aromatic N) is 3. The number of amidine groups is 1. The van der Waals surface area contributed by atoms with Gasteiger partial charge in [0, 0.05) is 6.20 Å². The second-order valence-corrected chi connectivity index (χ2v) is 9.47. The van der Waals surface area contributed by atoms with E-state index >= 15 is 0 Å². The lowest BCUT2D eigenvalue weighted by Crippen LogP contribution is -2.33. The molecule has 0 radical (unpaired) electrons. The second-order valence-electron chi connectivity index (χ2n) is 7.90. The molecular weight excluding hydrogens is 486 g/mol. The summed E-state index contributed by atoms with van der Waals surface area (Å²) in [4.78, 5) is 28.9. The molecule has 11 nitrogen and oxygen atoms in total. The lowest BCUT2D eigenvalue weighted by atomic mass is 10.1. The molecule has 1 aliphatic rings. The zero-order chi connectivity index (χ0) is 25.4. The predicted octanol–water partition coefficient (Wildman–Crippen LogP) is 1.58. The van der Waals surface area contributed by atoms with Crippen LogP contribution in [0, 0.1) is 0 Å². The maximum absolute atomic E-state index is 13.7. The highest BCUT2D eigenvalue weighted by molar-refractivity contribution is 7.90. The van der Waals surface area contributed by atoms with E-state index in [1.165, 1.54) is 29.0 Å². The number of nitrogens with two attached hydrogens (primary N) is 1. The first-order chi connectivity index (χ1) is 17.3. The van der Waals surface area contributed by atoms with Crippen LogP contribution in [-0.2, 0) is 21.4 Å². The lowest BCUT2D eigenvalue weighted by Gasteiger charge is -2.22. The van der Waals surface area contributed by atoms with Gasteiger partial charge in [0.25, 0.3) is 21.5 Å². The van der Waals surface area contributed by atoms with Gasteiger partial charge in [0.05, 0.1) is 11.9 Å². The monoisotopic (exact) mass is 505 g/mol. The standard InChI is InChI=1S/C24H19N5O6S/c25-18(30)13-35-16-9-4-10-17-20(16)27-22(28-36(17,33)34)19-21(31)15-8-5-11-26-23(15)29(24(19)32)12-14-6-2-1-3-7-14/h1-11,31H,12-13H2,(H2,25,30)(H,27,28). The van der Waals surface area contributed by atoms with Crippen molar-refractivity contribution in [2.24, 2.45) is 10.1 Å². The Balaban J connectivity index is 1.71. The Morgan fingerprint density at radius 2 is 1.86 bits per heavy atom. The zero-order valence-corrected chi connectivity index (χ0v) is 19.4. The Hall–Kier alpha value is -4.71. The van der Waals surface area contributed by atoms with E-state index in [4.69, 9.17) is 10.5 Å². The van der Waals surface area contributed by atoms with Crippen LogP contribution in [0.15, 0.2) is 80.9 Å². The summed E-state index contributed by atoms with van der Waals surface area (Å²) in [6, 6.07) is 16.4. The van der Waals surface area contributed by atoms with E-state index in [9.17, 15) is 23.1 Å². The first kappa shape index (κ1) is 23.1. The molecule has 3 heterocycles. The summed E-state index contributed by atoms with van der Waals surface area (Å²) in [6.45, 7) is -0.383. The average molecular weight is 506 g/mol. The number of hydrogen-bond acceptors (Lipinski definition) is 8. The van der Waals surface area contributed by atoms with E-state index in [2.05, 4.69) is 14.7 Å². The highest BCUT2D eigenvalue weighted by atomic mass is 32.2. The Morgan fingerprint density at radius 1 is 1.08 bits per heavy atom. The molecule has 0 aliphatic carbocycles. The Bertz CT molecular complexity index is 1710. The summed E-state index contributed by atoms with van der Waals surface area (Å²) >= 11 is 0. The topological polar surface area (TPSA) is 166 Å². The minimum absolute atomic E-state index is 0.00818. The number of rotatable bonds is 6. The molecule has 12 heteroatoms. The van der Waals surface area contributed by atoms with Crippen molar-refractivity contribution in [3.8, 4) is 11.5 Å². The van der Waals surface area contributed by atoms with Crippen molar-refractivity contribution in [2.45, 2.75) is 11.4 Å². The predicted molar refractivity (Wildman–Crippen MR) is 132 cm³/mol. The Kier molecular flexibility index (Phi) is 5.65. The van der Waals surface area contributed by atoms with Crippen molar-refractivity contribution in [1.29, 1.82) is 0 Å². The summed E-state index contributed by atoms with van der Waals surface area (Å²) in [5.41, 5.74) is 5.06. The molecule has 0 bridgehead atoms. The van der Waals surface area contributed by atoms with Crippen molar-refractivity contribution >= 4 is 38.5 Å². The number of carbonyl (C=O) groups excluding carboxylic acids is 1. The minimum Gasteiger partial charge on any atom is -0.506 e. The molecule has 0 atom stereocenters. The molecule has 36 heavy (non-hydrogen) atoms. The summed E-state index contributed by atoms with van der Waals surface area (Å²) < 4.78 is 36.5. The molecule has 1 amide bonds. The van der Waals surface area contributed by atoms with Crippen molar-refractivity contribution in [3.05, 3.63) is 88.3 Å². The normalized spacial score (nSPS) is 13.9. The van der Waals surface area contributed by atoms with Crippen LogP contribution in [0.3, 0.4) is 0 Å². The number of fused-ring (bicyclic) bond motifs is 2. The van der Waals surface area contributed by atoms with Gasteiger partial charge in [-0.2, -0.15) is 8.42 Å². The number of aromatic hydroxyl groups is 1. The number of para-hydroxylation sites is 1. The number of carbonyl (C=O) groups is 1. The fourth-order valence-corrected chi connectivity index (χ4v) is 5.06. The van der Waals surface area contributed by atoms with Crippen LogP contribution in [0.1, 0.15) is 11.1 Å². The lowest BCUT2D eigenvalue weighted by molar-refractivity contribution is -0.119. The number of ether oxygens (including phenoxy) is 1. The van der Waals surface area contributed by atoms with E-state index < -0.39 is 39.7 Å². The van der Waals surface area contributed by atoms with E-state index in [0.29, 0.717) is 0 Å². The van der Waals surface area contributed by atoms with Gasteiger partial charge in [-0.25, -0.2) is 4.98 Å². The highest BCUT2D eigenvalue weighted by Gasteiger charge is 2.32. The van der Waals surface area contributed by atoms with Gasteiger partial charge in [-0.1, -0.05) is 36.4 Å². The van der Waals surface area contributed by atoms with Crippen LogP contribution >= 0.6 is 0 Å². The molecule has 0 spiro atoms. The van der Waals surface area contributed by atoms with Gasteiger partial charge in [0.15, 0.2) is 12.4 Å². The summed E-state index contributed by atoms with van der Waals surface area (Å²) in [6.07, 6.45) is 1.49. The number of aromatic nitrogens is 2. The summed E-state index contributed by atoms with van der Waals surface area (Å²) in [5, 5.41) is 14.1. The molecule has 0 saturated heterocycles. The minimum atomic E-state index is -4.30. The quantitative estimate of drug-likeness (QED) is 0.355. The number of pyridine rings is 2. The van der Waals surface area contributed by atoms with Gasteiger partial charge in [0.2, 0.25) is 0 Å². The fraction of sp³-hybridized carbons (Fsp3) is 0.0833. The van der Waals surface area contributed by atoms with Crippen LogP contribution in [0.25, 0.3) is 11.0 Å². The van der Waals surface area contributed by atoms with Gasteiger partial charge in [-0.15, -0.1) is 4.40 Å². The van der Waals surface area contributed by atoms with Gasteiger partial charge < -0.3 is 20.9 Å². The van der Waals surface area contributed by atoms with Crippen molar-refractivity contribution in [1.82, 2.24) is 9.55 Å². The van der Waals surface area contributed by atoms with E-state index in [-0.39, 0.29) is 39.5 Å². The largest absolute Gasteiger partial charge is 0.506 e. The number of sulfonamides is 1. The fourth-order valence-electron chi connectivity index (χ4n) is 3.93. The van der Waals surface area contributed by atoms with Crippen LogP contribution < -0.4 is 21.3 Å². The maximum Gasteiger partial charge on any atom is 0.286 e. The number of primary amides is 1. The number of amides is 1. The van der Waals surface area contributed by atoms with Crippen molar-refractivity contribution in [3.63, 3.8) is 0 Å². The molecule has 182 valence electrons. The smallest absolute Gasteiger partial charge is 0.286 e. The second kappa shape index (κ2) is 8.82. The molecule has 2 aromatic carbocycles. The van der Waals surface area contributed by atoms with Crippen molar-refractivity contribution < 1.29 is 23.1 Å². The van der Waals surface area contributed by atoms with Gasteiger partial charge in [0.1, 0.15) is 33.3 Å². The molecular formula is C24H19N5O6S. The molecule has 1 aliphatic heterocycles. The highest BCUT2D eigenvalue weighted by Crippen LogP contribution is 2.37. The molecule has 0 saturated carbocycles. The third kappa shape index (κ3) is 4.03. The van der Waals surface area contributed by atoms with Crippen LogP contribution in [-0.4, -0.2) is 41.4 Å². The third-order valence-electron chi connectivity index (χ3n) is 5.50. The summed E-state index contributed by atoms with van der Waals surface area (Å²) in [7, 11) is -4.30. The molecule has 4 N–H and O–H groups in total. The summed E-state index contributed by atoms with van der Waals surface area (Å²) in [5.74, 6) is -1.63. The first-order valence-electron chi connectivity index (χ1n) is 10.7. The Labute approximate surface area is 204 Å². The third-order valence-corrected chi connectivity index (χ3v) is 6.82. The van der Waals surface area contributed by atoms with E-state index in [1.54, 1.807) is 12.1 Å². The van der Waals surface area contributed by atoms with Crippen LogP contribution in [0.4, 0.5) is 5.69 Å². The SMILES string of the molecule is NC(=O)COc1cccc2c1NC(c1c(O)c3cccnc3n(Cc3ccccc3)c1=O)=NS2(=O)=O. The molecule has 4 aromatic rings. The van der Waals surface area contributed by atoms with Gasteiger partial charge >= 0.3 is 0 Å². The number of anilines is 1. The Morgan fingerprint density at radius 3 is 2.61 bits per heavy atom. The van der Waals surface area contributed by atoms with Gasteiger partial charge in [-0.05, 0) is 29.8 Å². The zero-order valence-electron chi connectivity index (χ0n) is 18.6.